The van der Waals surface area contributed by atoms with E-state index in [4.69, 9.17) is 32.7 Å². The maximum atomic E-state index is 13.1. The molecular weight excluding hydrogens is 415 g/mol. The minimum Gasteiger partial charge on any atom is -0.490 e. The van der Waals surface area contributed by atoms with Crippen LogP contribution in [0.15, 0.2) is 42.5 Å². The lowest BCUT2D eigenvalue weighted by molar-refractivity contribution is -0.116. The van der Waals surface area contributed by atoms with Crippen molar-refractivity contribution in [3.05, 3.63) is 58.1 Å². The number of nitrogens with one attached hydrogen (secondary N) is 1. The fourth-order valence-corrected chi connectivity index (χ4v) is 2.99. The van der Waals surface area contributed by atoms with E-state index in [9.17, 15) is 9.59 Å². The Morgan fingerprint density at radius 2 is 1.86 bits per heavy atom. The summed E-state index contributed by atoms with van der Waals surface area (Å²) >= 11 is 12.1. The maximum absolute atomic E-state index is 13.1. The number of carbonyl (C=O) groups excluding carboxylic acids is 2. The van der Waals surface area contributed by atoms with Crippen LogP contribution in [0.4, 0.5) is 5.69 Å². The van der Waals surface area contributed by atoms with Crippen LogP contribution in [0.5, 0.6) is 5.75 Å². The van der Waals surface area contributed by atoms with Gasteiger partial charge >= 0.3 is 0 Å². The highest BCUT2D eigenvalue weighted by Crippen LogP contribution is 2.25. The highest BCUT2D eigenvalue weighted by Gasteiger charge is 2.22. The molecular formula is C21H24Cl2N2O4. The summed E-state index contributed by atoms with van der Waals surface area (Å²) in [6, 6.07) is 11.7. The molecule has 1 N–H and O–H groups in total. The van der Waals surface area contributed by atoms with Crippen LogP contribution in [-0.4, -0.2) is 50.1 Å². The van der Waals surface area contributed by atoms with Crippen LogP contribution >= 0.6 is 23.2 Å². The number of anilines is 1. The zero-order chi connectivity index (χ0) is 21.2. The SMILES string of the molecule is CCCN(CC(=O)Nc1cc(Cl)ccc1Cl)C(=O)c1ccccc1OCCOC. The molecule has 0 aromatic heterocycles. The topological polar surface area (TPSA) is 67.9 Å². The predicted molar refractivity (Wildman–Crippen MR) is 115 cm³/mol. The van der Waals surface area contributed by atoms with Crippen LogP contribution in [0.1, 0.15) is 23.7 Å². The Morgan fingerprint density at radius 1 is 1.10 bits per heavy atom. The molecule has 0 unspecified atom stereocenters. The highest BCUT2D eigenvalue weighted by atomic mass is 35.5. The molecule has 8 heteroatoms. The number of carbonyl (C=O) groups is 2. The van der Waals surface area contributed by atoms with E-state index < -0.39 is 0 Å². The Balaban J connectivity index is 2.13. The number of amides is 2. The maximum Gasteiger partial charge on any atom is 0.258 e. The van der Waals surface area contributed by atoms with Crippen molar-refractivity contribution in [2.45, 2.75) is 13.3 Å². The lowest BCUT2D eigenvalue weighted by Gasteiger charge is -2.23. The number of hydrogen-bond acceptors (Lipinski definition) is 4. The van der Waals surface area contributed by atoms with E-state index in [2.05, 4.69) is 5.32 Å². The smallest absolute Gasteiger partial charge is 0.258 e. The molecule has 0 bridgehead atoms. The van der Waals surface area contributed by atoms with Crippen LogP contribution in [0.2, 0.25) is 10.0 Å². The number of halogens is 2. The van der Waals surface area contributed by atoms with Crippen molar-refractivity contribution in [2.75, 3.05) is 38.7 Å². The van der Waals surface area contributed by atoms with Gasteiger partial charge in [-0.2, -0.15) is 0 Å². The first-order valence-electron chi connectivity index (χ1n) is 9.21. The first-order chi connectivity index (χ1) is 14.0. The molecule has 0 radical (unpaired) electrons. The number of hydrogen-bond donors (Lipinski definition) is 1. The Hall–Kier alpha value is -2.28. The standard InChI is InChI=1S/C21H24Cl2N2O4/c1-3-10-25(14-20(26)24-18-13-15(22)8-9-17(18)23)21(27)16-6-4-5-7-19(16)29-12-11-28-2/h4-9,13H,3,10-12,14H2,1-2H3,(H,24,26). The van der Waals surface area contributed by atoms with E-state index in [0.29, 0.717) is 53.2 Å². The normalized spacial score (nSPS) is 10.5. The number of benzene rings is 2. The summed E-state index contributed by atoms with van der Waals surface area (Å²) in [6.07, 6.45) is 0.698. The summed E-state index contributed by atoms with van der Waals surface area (Å²) in [5.41, 5.74) is 0.794. The highest BCUT2D eigenvalue weighted by molar-refractivity contribution is 6.35. The number of nitrogens with zero attached hydrogens (tertiary/aromatic N) is 1. The molecule has 0 aliphatic rings. The minimum atomic E-state index is -0.367. The van der Waals surface area contributed by atoms with Gasteiger partial charge in [-0.1, -0.05) is 42.3 Å². The second kappa shape index (κ2) is 11.7. The molecule has 2 aromatic carbocycles. The second-order valence-corrected chi connectivity index (χ2v) is 7.08. The number of ether oxygens (including phenoxy) is 2. The molecule has 6 nitrogen and oxygen atoms in total. The first kappa shape index (κ1) is 23.0. The summed E-state index contributed by atoms with van der Waals surface area (Å²) in [6.45, 7) is 2.96. The molecule has 0 heterocycles. The molecule has 0 saturated carbocycles. The van der Waals surface area contributed by atoms with Gasteiger partial charge in [0.05, 0.1) is 22.9 Å². The molecule has 2 aromatic rings. The van der Waals surface area contributed by atoms with Crippen molar-refractivity contribution >= 4 is 40.7 Å². The molecule has 0 spiro atoms. The van der Waals surface area contributed by atoms with Gasteiger partial charge in [0.2, 0.25) is 5.91 Å². The third kappa shape index (κ3) is 6.92. The lowest BCUT2D eigenvalue weighted by Crippen LogP contribution is -2.38. The largest absolute Gasteiger partial charge is 0.490 e. The van der Waals surface area contributed by atoms with E-state index in [1.54, 1.807) is 49.6 Å². The van der Waals surface area contributed by atoms with Crippen molar-refractivity contribution in [2.24, 2.45) is 0 Å². The summed E-state index contributed by atoms with van der Waals surface area (Å²) < 4.78 is 10.6. The van der Waals surface area contributed by atoms with E-state index in [-0.39, 0.29) is 18.4 Å². The third-order valence-electron chi connectivity index (χ3n) is 3.98. The molecule has 156 valence electrons. The summed E-state index contributed by atoms with van der Waals surface area (Å²) in [5.74, 6) is -0.199. The lowest BCUT2D eigenvalue weighted by atomic mass is 10.1. The summed E-state index contributed by atoms with van der Waals surface area (Å²) in [5, 5.41) is 3.53. The molecule has 0 aliphatic heterocycles. The Morgan fingerprint density at radius 3 is 2.59 bits per heavy atom. The number of rotatable bonds is 10. The average Bonchev–Trinajstić information content (AvgIpc) is 2.70. The van der Waals surface area contributed by atoms with Gasteiger partial charge in [-0.05, 0) is 36.8 Å². The van der Waals surface area contributed by atoms with Gasteiger partial charge in [0.1, 0.15) is 18.9 Å². The van der Waals surface area contributed by atoms with E-state index in [1.807, 2.05) is 6.92 Å². The van der Waals surface area contributed by atoms with Crippen molar-refractivity contribution in [1.82, 2.24) is 4.90 Å². The monoisotopic (exact) mass is 438 g/mol. The van der Waals surface area contributed by atoms with E-state index in [1.165, 1.54) is 4.90 Å². The quantitative estimate of drug-likeness (QED) is 0.554. The molecule has 0 saturated heterocycles. The molecule has 0 aliphatic carbocycles. The predicted octanol–water partition coefficient (Wildman–Crippen LogP) is 4.51. The van der Waals surface area contributed by atoms with Gasteiger partial charge in [-0.15, -0.1) is 0 Å². The molecule has 2 rings (SSSR count). The van der Waals surface area contributed by atoms with Crippen molar-refractivity contribution < 1.29 is 19.1 Å². The Labute approximate surface area is 180 Å². The number of methoxy groups -OCH3 is 1. The van der Waals surface area contributed by atoms with Gasteiger partial charge < -0.3 is 19.7 Å². The van der Waals surface area contributed by atoms with Crippen LogP contribution in [-0.2, 0) is 9.53 Å². The Bertz CT molecular complexity index is 845. The van der Waals surface area contributed by atoms with Crippen molar-refractivity contribution in [3.8, 4) is 5.75 Å². The molecule has 29 heavy (non-hydrogen) atoms. The van der Waals surface area contributed by atoms with Crippen molar-refractivity contribution in [3.63, 3.8) is 0 Å². The number of para-hydroxylation sites is 1. The fourth-order valence-electron chi connectivity index (χ4n) is 2.65. The van der Waals surface area contributed by atoms with Gasteiger partial charge in [0.15, 0.2) is 0 Å². The zero-order valence-electron chi connectivity index (χ0n) is 16.4. The second-order valence-electron chi connectivity index (χ2n) is 6.24. The van der Waals surface area contributed by atoms with Gasteiger partial charge in [0.25, 0.3) is 5.91 Å². The van der Waals surface area contributed by atoms with Crippen molar-refractivity contribution in [1.29, 1.82) is 0 Å². The van der Waals surface area contributed by atoms with Crippen LogP contribution < -0.4 is 10.1 Å². The van der Waals surface area contributed by atoms with Crippen LogP contribution in [0.3, 0.4) is 0 Å². The van der Waals surface area contributed by atoms with Gasteiger partial charge in [-0.25, -0.2) is 0 Å². The molecule has 0 atom stereocenters. The molecule has 0 fully saturated rings. The molecule has 2 amide bonds. The van der Waals surface area contributed by atoms with Gasteiger partial charge in [-0.3, -0.25) is 9.59 Å². The fraction of sp³-hybridized carbons (Fsp3) is 0.333. The summed E-state index contributed by atoms with van der Waals surface area (Å²) in [4.78, 5) is 27.1. The minimum absolute atomic E-state index is 0.123. The average molecular weight is 439 g/mol. The zero-order valence-corrected chi connectivity index (χ0v) is 17.9. The van der Waals surface area contributed by atoms with Gasteiger partial charge in [0, 0.05) is 18.7 Å². The summed E-state index contributed by atoms with van der Waals surface area (Å²) in [7, 11) is 1.58. The van der Waals surface area contributed by atoms with E-state index in [0.717, 1.165) is 0 Å². The first-order valence-corrected chi connectivity index (χ1v) is 9.96. The van der Waals surface area contributed by atoms with Crippen LogP contribution in [0, 0.1) is 0 Å². The third-order valence-corrected chi connectivity index (χ3v) is 4.54. The van der Waals surface area contributed by atoms with Crippen LogP contribution in [0.25, 0.3) is 0 Å². The van der Waals surface area contributed by atoms with E-state index >= 15 is 0 Å². The Kier molecular flexibility index (Phi) is 9.25.